The monoisotopic (exact) mass is 276 g/mol. The zero-order valence-electron chi connectivity index (χ0n) is 9.98. The summed E-state index contributed by atoms with van der Waals surface area (Å²) in [5, 5.41) is 8.88. The normalized spacial score (nSPS) is 11.2. The molecule has 0 aliphatic rings. The van der Waals surface area contributed by atoms with Gasteiger partial charge in [0.25, 0.3) is 0 Å². The Morgan fingerprint density at radius 1 is 1.00 bits per heavy atom. The second-order valence-electron chi connectivity index (χ2n) is 4.08. The summed E-state index contributed by atoms with van der Waals surface area (Å²) < 4.78 is 24.3. The molecular formula is C14H12O4S. The van der Waals surface area contributed by atoms with E-state index in [-0.39, 0.29) is 16.2 Å². The molecule has 0 spiro atoms. The molecule has 0 fully saturated rings. The predicted molar refractivity (Wildman–Crippen MR) is 70.7 cm³/mol. The molecular weight excluding hydrogens is 264 g/mol. The number of carboxylic acid groups (broad SMARTS) is 1. The van der Waals surface area contributed by atoms with Gasteiger partial charge < -0.3 is 5.11 Å². The van der Waals surface area contributed by atoms with Crippen molar-refractivity contribution in [3.05, 3.63) is 65.7 Å². The highest BCUT2D eigenvalue weighted by Gasteiger charge is 2.15. The van der Waals surface area contributed by atoms with Crippen LogP contribution < -0.4 is 0 Å². The third-order valence-corrected chi connectivity index (χ3v) is 4.34. The summed E-state index contributed by atoms with van der Waals surface area (Å²) in [6.07, 6.45) is 0. The fraction of sp³-hybridized carbons (Fsp3) is 0.0714. The molecule has 0 unspecified atom stereocenters. The van der Waals surface area contributed by atoms with Crippen molar-refractivity contribution in [3.8, 4) is 0 Å². The molecule has 0 saturated heterocycles. The molecule has 5 heteroatoms. The zero-order valence-corrected chi connectivity index (χ0v) is 10.8. The SMILES string of the molecule is O=C(O)c1cccc(CS(=O)(=O)c2ccccc2)c1. The van der Waals surface area contributed by atoms with Crippen molar-refractivity contribution < 1.29 is 18.3 Å². The second kappa shape index (κ2) is 5.24. The summed E-state index contributed by atoms with van der Waals surface area (Å²) in [5.74, 6) is -1.28. The van der Waals surface area contributed by atoms with Gasteiger partial charge in [0, 0.05) is 0 Å². The number of carbonyl (C=O) groups is 1. The van der Waals surface area contributed by atoms with Gasteiger partial charge in [0.05, 0.1) is 16.2 Å². The Hall–Kier alpha value is -2.14. The molecule has 19 heavy (non-hydrogen) atoms. The molecule has 1 N–H and O–H groups in total. The Labute approximate surface area is 111 Å². The summed E-state index contributed by atoms with van der Waals surface area (Å²) in [7, 11) is -3.45. The summed E-state index contributed by atoms with van der Waals surface area (Å²) in [4.78, 5) is 11.1. The Kier molecular flexibility index (Phi) is 3.66. The third-order valence-electron chi connectivity index (χ3n) is 2.63. The van der Waals surface area contributed by atoms with Crippen LogP contribution in [-0.4, -0.2) is 19.5 Å². The van der Waals surface area contributed by atoms with E-state index in [1.807, 2.05) is 0 Å². The molecule has 0 heterocycles. The molecule has 98 valence electrons. The topological polar surface area (TPSA) is 71.4 Å². The van der Waals surface area contributed by atoms with E-state index in [1.54, 1.807) is 30.3 Å². The summed E-state index contributed by atoms with van der Waals surface area (Å²) >= 11 is 0. The number of carboxylic acids is 1. The van der Waals surface area contributed by atoms with E-state index in [0.717, 1.165) is 0 Å². The molecule has 0 saturated carbocycles. The van der Waals surface area contributed by atoms with Crippen LogP contribution >= 0.6 is 0 Å². The van der Waals surface area contributed by atoms with Gasteiger partial charge in [-0.1, -0.05) is 30.3 Å². The standard InChI is InChI=1S/C14H12O4S/c15-14(16)12-6-4-5-11(9-12)10-19(17,18)13-7-2-1-3-8-13/h1-9H,10H2,(H,15,16). The predicted octanol–water partition coefficient (Wildman–Crippen LogP) is 2.36. The fourth-order valence-corrected chi connectivity index (χ4v) is 3.08. The highest BCUT2D eigenvalue weighted by molar-refractivity contribution is 7.90. The number of aromatic carboxylic acids is 1. The van der Waals surface area contributed by atoms with Gasteiger partial charge >= 0.3 is 5.97 Å². The first-order valence-electron chi connectivity index (χ1n) is 5.59. The molecule has 0 aliphatic carbocycles. The van der Waals surface area contributed by atoms with Crippen molar-refractivity contribution in [2.45, 2.75) is 10.6 Å². The lowest BCUT2D eigenvalue weighted by Gasteiger charge is -2.05. The summed E-state index contributed by atoms with van der Waals surface area (Å²) in [6.45, 7) is 0. The number of benzene rings is 2. The van der Waals surface area contributed by atoms with Crippen LogP contribution in [0.4, 0.5) is 0 Å². The fourth-order valence-electron chi connectivity index (χ4n) is 1.72. The van der Waals surface area contributed by atoms with Crippen LogP contribution in [0.3, 0.4) is 0 Å². The van der Waals surface area contributed by atoms with Crippen LogP contribution in [0.1, 0.15) is 15.9 Å². The van der Waals surface area contributed by atoms with E-state index in [4.69, 9.17) is 5.11 Å². The van der Waals surface area contributed by atoms with Gasteiger partial charge in [-0.15, -0.1) is 0 Å². The van der Waals surface area contributed by atoms with Crippen molar-refractivity contribution >= 4 is 15.8 Å². The Bertz CT molecular complexity index is 690. The second-order valence-corrected chi connectivity index (χ2v) is 6.07. The van der Waals surface area contributed by atoms with Crippen molar-refractivity contribution in [1.82, 2.24) is 0 Å². The van der Waals surface area contributed by atoms with Gasteiger partial charge in [0.2, 0.25) is 0 Å². The molecule has 0 bridgehead atoms. The van der Waals surface area contributed by atoms with Crippen LogP contribution in [0.25, 0.3) is 0 Å². The number of hydrogen-bond donors (Lipinski definition) is 1. The Morgan fingerprint density at radius 2 is 1.68 bits per heavy atom. The van der Waals surface area contributed by atoms with Crippen LogP contribution in [0.5, 0.6) is 0 Å². The molecule has 2 rings (SSSR count). The lowest BCUT2D eigenvalue weighted by atomic mass is 10.1. The van der Waals surface area contributed by atoms with Gasteiger partial charge in [-0.25, -0.2) is 13.2 Å². The van der Waals surface area contributed by atoms with Crippen LogP contribution in [0.15, 0.2) is 59.5 Å². The summed E-state index contributed by atoms with van der Waals surface area (Å²) in [6, 6.07) is 14.0. The first kappa shape index (κ1) is 13.3. The zero-order chi connectivity index (χ0) is 13.9. The quantitative estimate of drug-likeness (QED) is 0.930. The van der Waals surface area contributed by atoms with E-state index in [1.165, 1.54) is 24.3 Å². The largest absolute Gasteiger partial charge is 0.478 e. The van der Waals surface area contributed by atoms with Gasteiger partial charge in [0.1, 0.15) is 0 Å². The van der Waals surface area contributed by atoms with Crippen LogP contribution in [0, 0.1) is 0 Å². The molecule has 2 aromatic rings. The van der Waals surface area contributed by atoms with Gasteiger partial charge in [-0.3, -0.25) is 0 Å². The molecule has 0 amide bonds. The first-order chi connectivity index (χ1) is 8.99. The molecule has 0 atom stereocenters. The lowest BCUT2D eigenvalue weighted by molar-refractivity contribution is 0.0696. The minimum absolute atomic E-state index is 0.0840. The highest BCUT2D eigenvalue weighted by atomic mass is 32.2. The maximum atomic E-state index is 12.1. The van der Waals surface area contributed by atoms with E-state index in [9.17, 15) is 13.2 Å². The van der Waals surface area contributed by atoms with Crippen molar-refractivity contribution in [2.75, 3.05) is 0 Å². The highest BCUT2D eigenvalue weighted by Crippen LogP contribution is 2.16. The maximum absolute atomic E-state index is 12.1. The Balaban J connectivity index is 2.31. The van der Waals surface area contributed by atoms with E-state index < -0.39 is 15.8 Å². The van der Waals surface area contributed by atoms with Gasteiger partial charge in [-0.05, 0) is 29.8 Å². The average molecular weight is 276 g/mol. The number of rotatable bonds is 4. The molecule has 4 nitrogen and oxygen atoms in total. The minimum atomic E-state index is -3.45. The molecule has 0 aromatic heterocycles. The number of sulfone groups is 1. The molecule has 2 aromatic carbocycles. The summed E-state index contributed by atoms with van der Waals surface area (Å²) in [5.41, 5.74) is 0.546. The molecule has 0 radical (unpaired) electrons. The third kappa shape index (κ3) is 3.20. The van der Waals surface area contributed by atoms with Crippen molar-refractivity contribution in [1.29, 1.82) is 0 Å². The average Bonchev–Trinajstić information content (AvgIpc) is 2.39. The van der Waals surface area contributed by atoms with Crippen LogP contribution in [-0.2, 0) is 15.6 Å². The first-order valence-corrected chi connectivity index (χ1v) is 7.24. The molecule has 0 aliphatic heterocycles. The van der Waals surface area contributed by atoms with E-state index >= 15 is 0 Å². The Morgan fingerprint density at radius 3 is 2.32 bits per heavy atom. The van der Waals surface area contributed by atoms with E-state index in [2.05, 4.69) is 0 Å². The smallest absolute Gasteiger partial charge is 0.335 e. The van der Waals surface area contributed by atoms with Crippen LogP contribution in [0.2, 0.25) is 0 Å². The lowest BCUT2D eigenvalue weighted by Crippen LogP contribution is -2.06. The number of hydrogen-bond acceptors (Lipinski definition) is 3. The van der Waals surface area contributed by atoms with Crippen molar-refractivity contribution in [3.63, 3.8) is 0 Å². The maximum Gasteiger partial charge on any atom is 0.335 e. The van der Waals surface area contributed by atoms with Crippen molar-refractivity contribution in [2.24, 2.45) is 0 Å². The minimum Gasteiger partial charge on any atom is -0.478 e. The van der Waals surface area contributed by atoms with Gasteiger partial charge in [-0.2, -0.15) is 0 Å². The van der Waals surface area contributed by atoms with Gasteiger partial charge in [0.15, 0.2) is 9.84 Å². The van der Waals surface area contributed by atoms with E-state index in [0.29, 0.717) is 5.56 Å².